The van der Waals surface area contributed by atoms with Gasteiger partial charge in [-0.25, -0.2) is 4.39 Å². The highest BCUT2D eigenvalue weighted by atomic mass is 35.5. The number of nitrogens with two attached hydrogens (primary N) is 1. The third-order valence-corrected chi connectivity index (χ3v) is 1.94. The van der Waals surface area contributed by atoms with E-state index in [4.69, 9.17) is 22.1 Å². The molecule has 1 aromatic rings. The van der Waals surface area contributed by atoms with Crippen molar-refractivity contribution >= 4 is 11.6 Å². The van der Waals surface area contributed by atoms with Crippen molar-refractivity contribution in [3.63, 3.8) is 0 Å². The zero-order valence-electron chi connectivity index (χ0n) is 7.09. The fraction of sp³-hybridized carbons (Fsp3) is 0.333. The van der Waals surface area contributed by atoms with Crippen LogP contribution in [0.25, 0.3) is 0 Å². The number of hydrogen-bond acceptors (Lipinski definition) is 2. The van der Waals surface area contributed by atoms with E-state index in [-0.39, 0.29) is 6.61 Å². The Morgan fingerprint density at radius 3 is 2.77 bits per heavy atom. The van der Waals surface area contributed by atoms with Crippen LogP contribution in [0.15, 0.2) is 18.2 Å². The lowest BCUT2D eigenvalue weighted by Crippen LogP contribution is -2.00. The molecule has 1 aromatic carbocycles. The number of hydrogen-bond donors (Lipinski definition) is 1. The van der Waals surface area contributed by atoms with E-state index in [0.29, 0.717) is 17.3 Å². The van der Waals surface area contributed by atoms with E-state index in [2.05, 4.69) is 0 Å². The molecule has 0 atom stereocenters. The van der Waals surface area contributed by atoms with Gasteiger partial charge in [0, 0.05) is 11.6 Å². The monoisotopic (exact) mass is 203 g/mol. The van der Waals surface area contributed by atoms with Crippen molar-refractivity contribution in [3.8, 4) is 5.75 Å². The minimum Gasteiger partial charge on any atom is -0.491 e. The first kappa shape index (κ1) is 10.3. The fourth-order valence-electron chi connectivity index (χ4n) is 0.940. The minimum absolute atomic E-state index is 0.0539. The summed E-state index contributed by atoms with van der Waals surface area (Å²) in [6.45, 7) is -0.0587. The van der Waals surface area contributed by atoms with Gasteiger partial charge in [-0.15, -0.1) is 0 Å². The first-order valence-corrected chi connectivity index (χ1v) is 4.33. The van der Waals surface area contributed by atoms with Gasteiger partial charge in [0.1, 0.15) is 19.0 Å². The number of alkyl halides is 1. The predicted octanol–water partition coefficient (Wildman–Crippen LogP) is 2.15. The number of ether oxygens (including phenoxy) is 1. The van der Waals surface area contributed by atoms with Crippen molar-refractivity contribution in [1.82, 2.24) is 0 Å². The molecule has 0 aromatic heterocycles. The van der Waals surface area contributed by atoms with E-state index in [1.165, 1.54) is 0 Å². The molecule has 0 radical (unpaired) electrons. The molecule has 4 heteroatoms. The fourth-order valence-corrected chi connectivity index (χ4v) is 1.19. The largest absolute Gasteiger partial charge is 0.491 e. The van der Waals surface area contributed by atoms with E-state index in [1.54, 1.807) is 18.2 Å². The van der Waals surface area contributed by atoms with Crippen LogP contribution in [0.3, 0.4) is 0 Å². The molecule has 72 valence electrons. The van der Waals surface area contributed by atoms with Crippen LogP contribution in [0.4, 0.5) is 4.39 Å². The first-order chi connectivity index (χ1) is 6.27. The van der Waals surface area contributed by atoms with Gasteiger partial charge in [0.2, 0.25) is 0 Å². The van der Waals surface area contributed by atoms with Crippen LogP contribution in [0.2, 0.25) is 5.02 Å². The Hall–Kier alpha value is -0.800. The van der Waals surface area contributed by atoms with Gasteiger partial charge in [-0.3, -0.25) is 0 Å². The third-order valence-electron chi connectivity index (χ3n) is 1.59. The SMILES string of the molecule is NCc1ccc(OCCF)cc1Cl. The molecule has 2 nitrogen and oxygen atoms in total. The van der Waals surface area contributed by atoms with Gasteiger partial charge in [0.15, 0.2) is 0 Å². The maximum atomic E-state index is 11.7. The lowest BCUT2D eigenvalue weighted by molar-refractivity contribution is 0.273. The summed E-state index contributed by atoms with van der Waals surface area (Å²) in [6.07, 6.45) is 0. The molecular weight excluding hydrogens is 193 g/mol. The molecule has 0 spiro atoms. The molecule has 2 N–H and O–H groups in total. The summed E-state index contributed by atoms with van der Waals surface area (Å²) in [7, 11) is 0. The number of rotatable bonds is 4. The maximum absolute atomic E-state index is 11.7. The van der Waals surface area contributed by atoms with Gasteiger partial charge in [-0.1, -0.05) is 17.7 Å². The lowest BCUT2D eigenvalue weighted by Gasteiger charge is -2.06. The van der Waals surface area contributed by atoms with Gasteiger partial charge in [-0.05, 0) is 17.7 Å². The molecule has 0 unspecified atom stereocenters. The van der Waals surface area contributed by atoms with Crippen LogP contribution < -0.4 is 10.5 Å². The Morgan fingerprint density at radius 1 is 1.46 bits per heavy atom. The maximum Gasteiger partial charge on any atom is 0.123 e. The van der Waals surface area contributed by atoms with Crippen molar-refractivity contribution in [2.24, 2.45) is 5.73 Å². The second kappa shape index (κ2) is 5.04. The van der Waals surface area contributed by atoms with Crippen molar-refractivity contribution < 1.29 is 9.13 Å². The predicted molar refractivity (Wildman–Crippen MR) is 50.8 cm³/mol. The average Bonchev–Trinajstić information content (AvgIpc) is 2.15. The van der Waals surface area contributed by atoms with E-state index >= 15 is 0 Å². The Bertz CT molecular complexity index is 280. The van der Waals surface area contributed by atoms with Crippen molar-refractivity contribution in [2.45, 2.75) is 6.54 Å². The van der Waals surface area contributed by atoms with Gasteiger partial charge in [0.05, 0.1) is 0 Å². The topological polar surface area (TPSA) is 35.2 Å². The van der Waals surface area contributed by atoms with Crippen LogP contribution in [0, 0.1) is 0 Å². The van der Waals surface area contributed by atoms with E-state index in [1.807, 2.05) is 0 Å². The summed E-state index contributed by atoms with van der Waals surface area (Å²) >= 11 is 5.85. The van der Waals surface area contributed by atoms with Crippen LogP contribution in [-0.2, 0) is 6.54 Å². The van der Waals surface area contributed by atoms with E-state index in [0.717, 1.165) is 5.56 Å². The molecule has 13 heavy (non-hydrogen) atoms. The quantitative estimate of drug-likeness (QED) is 0.814. The smallest absolute Gasteiger partial charge is 0.123 e. The van der Waals surface area contributed by atoms with Crippen LogP contribution in [0.5, 0.6) is 5.75 Å². The molecule has 0 aliphatic rings. The highest BCUT2D eigenvalue weighted by Crippen LogP contribution is 2.21. The van der Waals surface area contributed by atoms with Gasteiger partial charge in [0.25, 0.3) is 0 Å². The second-order valence-electron chi connectivity index (χ2n) is 2.49. The molecule has 0 aliphatic heterocycles. The molecule has 0 aliphatic carbocycles. The van der Waals surface area contributed by atoms with Crippen LogP contribution >= 0.6 is 11.6 Å². The van der Waals surface area contributed by atoms with E-state index < -0.39 is 6.67 Å². The van der Waals surface area contributed by atoms with E-state index in [9.17, 15) is 4.39 Å². The molecule has 0 saturated heterocycles. The first-order valence-electron chi connectivity index (χ1n) is 3.95. The van der Waals surface area contributed by atoms with Crippen LogP contribution in [-0.4, -0.2) is 13.3 Å². The van der Waals surface area contributed by atoms with Crippen molar-refractivity contribution in [3.05, 3.63) is 28.8 Å². The minimum atomic E-state index is -0.504. The summed E-state index contributed by atoms with van der Waals surface area (Å²) < 4.78 is 16.8. The zero-order chi connectivity index (χ0) is 9.68. The second-order valence-corrected chi connectivity index (χ2v) is 2.90. The summed E-state index contributed by atoms with van der Waals surface area (Å²) in [5.41, 5.74) is 6.27. The molecular formula is C9H11ClFNO. The lowest BCUT2D eigenvalue weighted by atomic mass is 10.2. The molecule has 0 saturated carbocycles. The zero-order valence-corrected chi connectivity index (χ0v) is 7.85. The third kappa shape index (κ3) is 2.86. The molecule has 0 amide bonds. The average molecular weight is 204 g/mol. The molecule has 1 rings (SSSR count). The summed E-state index contributed by atoms with van der Waals surface area (Å²) in [5.74, 6) is 0.569. The summed E-state index contributed by atoms with van der Waals surface area (Å²) in [4.78, 5) is 0. The summed E-state index contributed by atoms with van der Waals surface area (Å²) in [6, 6.07) is 5.14. The molecule has 0 heterocycles. The van der Waals surface area contributed by atoms with Gasteiger partial charge in [-0.2, -0.15) is 0 Å². The van der Waals surface area contributed by atoms with Gasteiger partial charge < -0.3 is 10.5 Å². The number of benzene rings is 1. The Kier molecular flexibility index (Phi) is 3.99. The highest BCUT2D eigenvalue weighted by Gasteiger charge is 2.00. The summed E-state index contributed by atoms with van der Waals surface area (Å²) in [5, 5.41) is 0.554. The standard InChI is InChI=1S/C9H11ClFNO/c10-9-5-8(13-4-3-11)2-1-7(9)6-12/h1-2,5H,3-4,6,12H2. The normalized spacial score (nSPS) is 10.1. The molecule has 0 fully saturated rings. The molecule has 0 bridgehead atoms. The van der Waals surface area contributed by atoms with Crippen molar-refractivity contribution in [2.75, 3.05) is 13.3 Å². The van der Waals surface area contributed by atoms with Crippen LogP contribution in [0.1, 0.15) is 5.56 Å². The van der Waals surface area contributed by atoms with Crippen molar-refractivity contribution in [1.29, 1.82) is 0 Å². The Labute approximate surface area is 81.4 Å². The Morgan fingerprint density at radius 2 is 2.23 bits per heavy atom. The van der Waals surface area contributed by atoms with Gasteiger partial charge >= 0.3 is 0 Å². The Balaban J connectivity index is 2.71. The highest BCUT2D eigenvalue weighted by molar-refractivity contribution is 6.31. The number of halogens is 2.